The number of aliphatic hydroxyl groups is 3. The van der Waals surface area contributed by atoms with Crippen molar-refractivity contribution in [2.45, 2.75) is 56.3 Å². The van der Waals surface area contributed by atoms with Gasteiger partial charge in [-0.1, -0.05) is 0 Å². The van der Waals surface area contributed by atoms with Gasteiger partial charge in [-0.25, -0.2) is 41.3 Å². The lowest BCUT2D eigenvalue weighted by Crippen LogP contribution is -2.34. The zero-order valence-electron chi connectivity index (χ0n) is 28.6. The van der Waals surface area contributed by atoms with Crippen LogP contribution in [0.5, 0.6) is 0 Å². The van der Waals surface area contributed by atoms with Crippen molar-refractivity contribution in [3.8, 4) is 0 Å². The third kappa shape index (κ3) is 12.2. The summed E-state index contributed by atoms with van der Waals surface area (Å²) < 4.78 is 110. The number of aromatic amines is 1. The molecule has 332 valence electrons. The summed E-state index contributed by atoms with van der Waals surface area (Å²) in [5.41, 5.74) is 4.01. The Balaban J connectivity index is 1.11. The van der Waals surface area contributed by atoms with E-state index in [1.807, 2.05) is 4.98 Å². The van der Waals surface area contributed by atoms with Gasteiger partial charge in [-0.2, -0.15) is 0 Å². The standard InChI is InChI=1S/C20H31N7O26P6/c1-8-3-26(20(32)25-18(8)31)12-2-9(28)10(47-12)4-45-54(33,34)49-56(37,38)51-58(41,42)53-59(43,44)52-57(39,40)50-55(35,36)46-5-11-14(29)15(30)19(48-11)27-7-24-13-16(21)22-6-23-17(13)27/h3,6-7,9-12,14-15,19,28-30H,2,4-5H2,1H3,(H,33,34)(H,35,36)(H,37,38)(H,39,40)(H,41,42)(H,43,44)(H2,21,22,23)(H,25,31,32)/p-6. The zero-order valence-corrected chi connectivity index (χ0v) is 34.0. The van der Waals surface area contributed by atoms with E-state index in [1.165, 1.54) is 6.92 Å². The molecule has 2 saturated heterocycles. The van der Waals surface area contributed by atoms with Crippen LogP contribution in [0.1, 0.15) is 24.4 Å². The van der Waals surface area contributed by atoms with Crippen molar-refractivity contribution in [1.29, 1.82) is 0 Å². The number of anilines is 1. The van der Waals surface area contributed by atoms with Crippen molar-refractivity contribution >= 4 is 63.9 Å². The number of phosphoric acid groups is 6. The van der Waals surface area contributed by atoms with Crippen LogP contribution in [0.2, 0.25) is 0 Å². The first-order chi connectivity index (χ1) is 27.0. The van der Waals surface area contributed by atoms with Gasteiger partial charge in [-0.3, -0.25) is 46.3 Å². The Kier molecular flexibility index (Phi) is 14.1. The molecule has 5 heterocycles. The second-order valence-electron chi connectivity index (χ2n) is 11.7. The Morgan fingerprint density at radius 1 is 0.763 bits per heavy atom. The lowest BCUT2D eigenvalue weighted by Gasteiger charge is -2.38. The predicted molar refractivity (Wildman–Crippen MR) is 169 cm³/mol. The number of hydrogen-bond acceptors (Lipinski definition) is 30. The Morgan fingerprint density at radius 2 is 1.27 bits per heavy atom. The van der Waals surface area contributed by atoms with Crippen molar-refractivity contribution in [2.75, 3.05) is 18.9 Å². The molecule has 33 nitrogen and oxygen atoms in total. The normalized spacial score (nSPS) is 29.8. The number of aromatic nitrogens is 6. The molecule has 3 aromatic heterocycles. The summed E-state index contributed by atoms with van der Waals surface area (Å²) in [6, 6.07) is 0. The quantitative estimate of drug-likeness (QED) is 0.0742. The van der Waals surface area contributed by atoms with Crippen LogP contribution in [-0.2, 0) is 67.5 Å². The summed E-state index contributed by atoms with van der Waals surface area (Å²) in [6.45, 7) is -1.29. The summed E-state index contributed by atoms with van der Waals surface area (Å²) in [7, 11) is -40.3. The van der Waals surface area contributed by atoms with Crippen LogP contribution in [0.15, 0.2) is 28.4 Å². The fourth-order valence-corrected chi connectivity index (χ4v) is 12.5. The molecule has 2 aliphatic rings. The van der Waals surface area contributed by atoms with Crippen molar-refractivity contribution in [3.63, 3.8) is 0 Å². The second kappa shape index (κ2) is 17.5. The SMILES string of the molecule is Cc1cn(C2CC(O)C(COP(=O)([O-])OP(=O)([O-])OP(=O)([O-])OP(=O)([O-])OP(=O)([O-])OP(=O)([O-])OCC3OC(n4cnc5c(N)ncnc54)C(O)C3O)O2)c(=O)[nH]c1=O. The Labute approximate surface area is 325 Å². The van der Waals surface area contributed by atoms with E-state index in [9.17, 15) is 81.7 Å². The first-order valence-corrected chi connectivity index (χ1v) is 24.1. The third-order valence-electron chi connectivity index (χ3n) is 7.45. The van der Waals surface area contributed by atoms with Crippen molar-refractivity contribution in [1.82, 2.24) is 29.1 Å². The molecule has 6 N–H and O–H groups in total. The summed E-state index contributed by atoms with van der Waals surface area (Å²) >= 11 is 0. The maximum absolute atomic E-state index is 12.2. The largest absolute Gasteiger partial charge is 0.756 e. The van der Waals surface area contributed by atoms with Crippen molar-refractivity contribution < 1.29 is 112 Å². The first-order valence-electron chi connectivity index (χ1n) is 15.3. The van der Waals surface area contributed by atoms with Gasteiger partial charge in [0, 0.05) is 18.2 Å². The summed E-state index contributed by atoms with van der Waals surface area (Å²) in [4.78, 5) is 109. The lowest BCUT2D eigenvalue weighted by molar-refractivity contribution is -0.256. The van der Waals surface area contributed by atoms with E-state index in [1.54, 1.807) is 0 Å². The Morgan fingerprint density at radius 3 is 1.81 bits per heavy atom. The highest BCUT2D eigenvalue weighted by Gasteiger charge is 2.45. The highest BCUT2D eigenvalue weighted by Crippen LogP contribution is 2.70. The molecular weight excluding hydrogens is 940 g/mol. The van der Waals surface area contributed by atoms with Crippen LogP contribution in [0, 0.1) is 6.92 Å². The van der Waals surface area contributed by atoms with Crippen LogP contribution in [-0.4, -0.2) is 88.1 Å². The van der Waals surface area contributed by atoms with Crippen LogP contribution < -0.4 is 46.3 Å². The fraction of sp³-hybridized carbons (Fsp3) is 0.550. The highest BCUT2D eigenvalue weighted by atomic mass is 31.3. The number of hydrogen-bond donors (Lipinski definition) is 5. The highest BCUT2D eigenvalue weighted by molar-refractivity contribution is 7.71. The minimum atomic E-state index is -7.03. The molecule has 2 fully saturated rings. The Hall–Kier alpha value is -2.31. The molecule has 0 spiro atoms. The van der Waals surface area contributed by atoms with E-state index in [0.717, 1.165) is 28.0 Å². The molecule has 3 aromatic rings. The van der Waals surface area contributed by atoms with Gasteiger partial charge < -0.3 is 68.9 Å². The molecule has 13 unspecified atom stereocenters. The van der Waals surface area contributed by atoms with Gasteiger partial charge in [-0.15, -0.1) is 0 Å². The van der Waals surface area contributed by atoms with Gasteiger partial charge in [0.2, 0.25) is 0 Å². The number of fused-ring (bicyclic) bond motifs is 1. The van der Waals surface area contributed by atoms with Crippen LogP contribution >= 0.6 is 46.9 Å². The molecule has 0 aliphatic carbocycles. The number of H-pyrrole nitrogens is 1. The molecule has 0 saturated carbocycles. The predicted octanol–water partition coefficient (Wildman–Crippen LogP) is -5.54. The minimum absolute atomic E-state index is 0.0112. The molecule has 0 radical (unpaired) electrons. The molecule has 13 atom stereocenters. The van der Waals surface area contributed by atoms with Gasteiger partial charge in [0.15, 0.2) is 17.7 Å². The average molecular weight is 965 g/mol. The average Bonchev–Trinajstić information content (AvgIpc) is 3.73. The maximum Gasteiger partial charge on any atom is 0.330 e. The molecule has 59 heavy (non-hydrogen) atoms. The Bertz CT molecular complexity index is 2480. The van der Waals surface area contributed by atoms with Crippen LogP contribution in [0.25, 0.3) is 11.2 Å². The number of imidazole rings is 1. The summed E-state index contributed by atoms with van der Waals surface area (Å²) in [5, 5.41) is 30.9. The fourth-order valence-electron chi connectivity index (χ4n) is 5.04. The number of aryl methyl sites for hydroxylation is 1. The van der Waals surface area contributed by atoms with Crippen LogP contribution in [0.4, 0.5) is 5.82 Å². The topological polar surface area (TPSA) is 509 Å². The van der Waals surface area contributed by atoms with Crippen molar-refractivity contribution in [2.24, 2.45) is 0 Å². The molecule has 0 amide bonds. The van der Waals surface area contributed by atoms with Gasteiger partial charge in [-0.05, 0) is 6.92 Å². The number of nitrogens with zero attached hydrogens (tertiary/aromatic N) is 5. The van der Waals surface area contributed by atoms with Crippen LogP contribution in [0.3, 0.4) is 0 Å². The molecule has 39 heteroatoms. The van der Waals surface area contributed by atoms with Gasteiger partial charge >= 0.3 is 5.69 Å². The molecule has 5 rings (SSSR count). The van der Waals surface area contributed by atoms with E-state index < -0.39 is 121 Å². The minimum Gasteiger partial charge on any atom is -0.756 e. The molecular formula is C20H25N7O26P6-6. The number of nitrogens with two attached hydrogens (primary N) is 1. The zero-order chi connectivity index (χ0) is 44.1. The van der Waals surface area contributed by atoms with Gasteiger partial charge in [0.1, 0.15) is 42.5 Å². The van der Waals surface area contributed by atoms with Gasteiger partial charge in [0.05, 0.1) is 25.6 Å². The number of nitrogens with one attached hydrogen (secondary N) is 1. The van der Waals surface area contributed by atoms with E-state index in [4.69, 9.17) is 15.2 Å². The smallest absolute Gasteiger partial charge is 0.330 e. The molecule has 0 aromatic carbocycles. The monoisotopic (exact) mass is 965 g/mol. The van der Waals surface area contributed by atoms with E-state index in [0.29, 0.717) is 0 Å². The van der Waals surface area contributed by atoms with E-state index >= 15 is 0 Å². The number of ether oxygens (including phenoxy) is 2. The number of nitrogen functional groups attached to an aromatic ring is 1. The van der Waals surface area contributed by atoms with Crippen molar-refractivity contribution in [3.05, 3.63) is 45.3 Å². The summed E-state index contributed by atoms with van der Waals surface area (Å²) in [6.07, 6.45) is -8.92. The number of phosphoric ester groups is 2. The number of rotatable bonds is 18. The lowest BCUT2D eigenvalue weighted by atomic mass is 10.1. The van der Waals surface area contributed by atoms with E-state index in [2.05, 4.69) is 45.6 Å². The van der Waals surface area contributed by atoms with E-state index in [-0.39, 0.29) is 22.5 Å². The molecule has 2 aliphatic heterocycles. The number of aliphatic hydroxyl groups excluding tert-OH is 3. The molecule has 0 bridgehead atoms. The first kappa shape index (κ1) is 47.7. The van der Waals surface area contributed by atoms with Gasteiger partial charge in [0.25, 0.3) is 52.5 Å². The second-order valence-corrected chi connectivity index (χ2v) is 20.9. The summed E-state index contributed by atoms with van der Waals surface area (Å²) in [5.74, 6) is -0.0859. The third-order valence-corrected chi connectivity index (χ3v) is 16.4. The maximum atomic E-state index is 12.2.